The van der Waals surface area contributed by atoms with E-state index in [0.717, 1.165) is 19.1 Å². The Labute approximate surface area is 130 Å². The Hall–Kier alpha value is -0.860. The highest BCUT2D eigenvalue weighted by molar-refractivity contribution is 5.23. The molecule has 1 saturated heterocycles. The molecule has 1 unspecified atom stereocenters. The van der Waals surface area contributed by atoms with Crippen LogP contribution in [0.15, 0.2) is 24.3 Å². The molecule has 21 heavy (non-hydrogen) atoms. The fraction of sp³-hybridized carbons (Fsp3) is 0.684. The molecule has 1 atom stereocenters. The topological polar surface area (TPSA) is 15.3 Å². The molecule has 0 bridgehead atoms. The van der Waals surface area contributed by atoms with E-state index >= 15 is 0 Å². The molecule has 2 nitrogen and oxygen atoms in total. The Bertz CT molecular complexity index is 433. The molecular formula is C19H32N2. The Balaban J connectivity index is 1.96. The quantitative estimate of drug-likeness (QED) is 0.886. The predicted molar refractivity (Wildman–Crippen MR) is 91.4 cm³/mol. The first-order valence-electron chi connectivity index (χ1n) is 8.51. The lowest BCUT2D eigenvalue weighted by Gasteiger charge is -2.27. The van der Waals surface area contributed by atoms with Crippen LogP contribution in [0.25, 0.3) is 0 Å². The molecule has 0 saturated carbocycles. The molecule has 1 heterocycles. The number of benzene rings is 1. The highest BCUT2D eigenvalue weighted by Gasteiger charge is 2.17. The number of hydrogen-bond acceptors (Lipinski definition) is 2. The van der Waals surface area contributed by atoms with Gasteiger partial charge in [-0.2, -0.15) is 0 Å². The second kappa shape index (κ2) is 7.42. The van der Waals surface area contributed by atoms with Gasteiger partial charge in [-0.3, -0.25) is 4.90 Å². The van der Waals surface area contributed by atoms with Crippen LogP contribution < -0.4 is 5.32 Å². The highest BCUT2D eigenvalue weighted by Crippen LogP contribution is 2.19. The van der Waals surface area contributed by atoms with Crippen molar-refractivity contribution in [3.05, 3.63) is 35.4 Å². The van der Waals surface area contributed by atoms with Crippen LogP contribution in [0, 0.1) is 0 Å². The molecule has 1 aromatic carbocycles. The molecule has 1 aliphatic heterocycles. The Morgan fingerprint density at radius 1 is 1.14 bits per heavy atom. The third-order valence-electron chi connectivity index (χ3n) is 4.39. The maximum atomic E-state index is 3.57. The normalized spacial score (nSPS) is 21.2. The third kappa shape index (κ3) is 5.80. The SMILES string of the molecule is CC1CCCCCN1Cc1cccc(CNC(C)(C)C)c1. The van der Waals surface area contributed by atoms with Crippen molar-refractivity contribution in [3.8, 4) is 0 Å². The van der Waals surface area contributed by atoms with Gasteiger partial charge >= 0.3 is 0 Å². The number of rotatable bonds is 4. The lowest BCUT2D eigenvalue weighted by molar-refractivity contribution is 0.205. The average molecular weight is 288 g/mol. The summed E-state index contributed by atoms with van der Waals surface area (Å²) in [5, 5.41) is 3.57. The maximum Gasteiger partial charge on any atom is 0.0236 e. The van der Waals surface area contributed by atoms with Gasteiger partial charge in [-0.05, 0) is 58.2 Å². The van der Waals surface area contributed by atoms with Crippen LogP contribution in [0.2, 0.25) is 0 Å². The molecule has 1 fully saturated rings. The van der Waals surface area contributed by atoms with E-state index in [4.69, 9.17) is 0 Å². The summed E-state index contributed by atoms with van der Waals surface area (Å²) < 4.78 is 0. The van der Waals surface area contributed by atoms with Gasteiger partial charge in [-0.25, -0.2) is 0 Å². The van der Waals surface area contributed by atoms with E-state index in [1.54, 1.807) is 0 Å². The number of nitrogens with zero attached hydrogens (tertiary/aromatic N) is 1. The molecule has 2 rings (SSSR count). The van der Waals surface area contributed by atoms with Crippen molar-refractivity contribution in [1.29, 1.82) is 0 Å². The van der Waals surface area contributed by atoms with Crippen molar-refractivity contribution in [1.82, 2.24) is 10.2 Å². The van der Waals surface area contributed by atoms with Crippen LogP contribution in [0.1, 0.15) is 64.5 Å². The number of likely N-dealkylation sites (tertiary alicyclic amines) is 1. The van der Waals surface area contributed by atoms with Crippen molar-refractivity contribution in [2.24, 2.45) is 0 Å². The van der Waals surface area contributed by atoms with Gasteiger partial charge in [-0.1, -0.05) is 37.1 Å². The summed E-state index contributed by atoms with van der Waals surface area (Å²) in [5.74, 6) is 0. The first kappa shape index (κ1) is 16.5. The molecule has 0 radical (unpaired) electrons. The summed E-state index contributed by atoms with van der Waals surface area (Å²) in [6.07, 6.45) is 5.50. The van der Waals surface area contributed by atoms with Crippen LogP contribution in [-0.4, -0.2) is 23.0 Å². The van der Waals surface area contributed by atoms with E-state index in [-0.39, 0.29) is 5.54 Å². The summed E-state index contributed by atoms with van der Waals surface area (Å²) in [6.45, 7) is 12.3. The largest absolute Gasteiger partial charge is 0.308 e. The van der Waals surface area contributed by atoms with Crippen LogP contribution in [0.5, 0.6) is 0 Å². The minimum atomic E-state index is 0.176. The molecule has 1 aromatic rings. The van der Waals surface area contributed by atoms with Gasteiger partial charge in [-0.15, -0.1) is 0 Å². The summed E-state index contributed by atoms with van der Waals surface area (Å²) in [6, 6.07) is 9.81. The summed E-state index contributed by atoms with van der Waals surface area (Å²) >= 11 is 0. The van der Waals surface area contributed by atoms with Gasteiger partial charge in [0, 0.05) is 24.7 Å². The standard InChI is InChI=1S/C19H32N2/c1-16-9-6-5-7-12-21(16)15-18-11-8-10-17(13-18)14-20-19(2,3)4/h8,10-11,13,16,20H,5-7,9,12,14-15H2,1-4H3. The monoisotopic (exact) mass is 288 g/mol. The molecule has 0 amide bonds. The Morgan fingerprint density at radius 2 is 1.90 bits per heavy atom. The second-order valence-corrected chi connectivity index (χ2v) is 7.59. The van der Waals surface area contributed by atoms with E-state index in [2.05, 4.69) is 62.2 Å². The molecule has 0 spiro atoms. The van der Waals surface area contributed by atoms with Crippen LogP contribution in [0.4, 0.5) is 0 Å². The first-order valence-corrected chi connectivity index (χ1v) is 8.51. The van der Waals surface area contributed by atoms with Gasteiger partial charge in [0.2, 0.25) is 0 Å². The third-order valence-corrected chi connectivity index (χ3v) is 4.39. The lowest BCUT2D eigenvalue weighted by Crippen LogP contribution is -2.35. The molecular weight excluding hydrogens is 256 g/mol. The van der Waals surface area contributed by atoms with E-state index in [9.17, 15) is 0 Å². The van der Waals surface area contributed by atoms with Gasteiger partial charge in [0.05, 0.1) is 0 Å². The fourth-order valence-electron chi connectivity index (χ4n) is 3.01. The Morgan fingerprint density at radius 3 is 2.67 bits per heavy atom. The van der Waals surface area contributed by atoms with Crippen molar-refractivity contribution in [2.45, 2.75) is 78.0 Å². The molecule has 118 valence electrons. The van der Waals surface area contributed by atoms with Crippen molar-refractivity contribution in [3.63, 3.8) is 0 Å². The maximum absolute atomic E-state index is 3.57. The van der Waals surface area contributed by atoms with E-state index < -0.39 is 0 Å². The van der Waals surface area contributed by atoms with Gasteiger partial charge < -0.3 is 5.32 Å². The molecule has 0 aliphatic carbocycles. The van der Waals surface area contributed by atoms with E-state index in [1.165, 1.54) is 43.4 Å². The number of nitrogens with one attached hydrogen (secondary N) is 1. The zero-order valence-corrected chi connectivity index (χ0v) is 14.3. The Kier molecular flexibility index (Phi) is 5.83. The average Bonchev–Trinajstić information content (AvgIpc) is 2.62. The molecule has 0 aromatic heterocycles. The highest BCUT2D eigenvalue weighted by atomic mass is 15.1. The minimum absolute atomic E-state index is 0.176. The lowest BCUT2D eigenvalue weighted by atomic mass is 10.1. The van der Waals surface area contributed by atoms with Gasteiger partial charge in [0.15, 0.2) is 0 Å². The van der Waals surface area contributed by atoms with Crippen molar-refractivity contribution < 1.29 is 0 Å². The number of hydrogen-bond donors (Lipinski definition) is 1. The van der Waals surface area contributed by atoms with Crippen molar-refractivity contribution >= 4 is 0 Å². The van der Waals surface area contributed by atoms with Crippen LogP contribution >= 0.6 is 0 Å². The fourth-order valence-corrected chi connectivity index (χ4v) is 3.01. The zero-order valence-electron chi connectivity index (χ0n) is 14.3. The molecule has 1 N–H and O–H groups in total. The van der Waals surface area contributed by atoms with Crippen molar-refractivity contribution in [2.75, 3.05) is 6.54 Å². The molecule has 1 aliphatic rings. The van der Waals surface area contributed by atoms with Gasteiger partial charge in [0.25, 0.3) is 0 Å². The van der Waals surface area contributed by atoms with Crippen LogP contribution in [-0.2, 0) is 13.1 Å². The first-order chi connectivity index (χ1) is 9.94. The van der Waals surface area contributed by atoms with Gasteiger partial charge in [0.1, 0.15) is 0 Å². The summed E-state index contributed by atoms with van der Waals surface area (Å²) in [5.41, 5.74) is 3.02. The van der Waals surface area contributed by atoms with E-state index in [0.29, 0.717) is 0 Å². The zero-order chi connectivity index (χ0) is 15.3. The summed E-state index contributed by atoms with van der Waals surface area (Å²) in [4.78, 5) is 2.66. The van der Waals surface area contributed by atoms with Crippen LogP contribution in [0.3, 0.4) is 0 Å². The minimum Gasteiger partial charge on any atom is -0.308 e. The predicted octanol–water partition coefficient (Wildman–Crippen LogP) is 4.34. The second-order valence-electron chi connectivity index (χ2n) is 7.59. The van der Waals surface area contributed by atoms with E-state index in [1.807, 2.05) is 0 Å². The smallest absolute Gasteiger partial charge is 0.0236 e. The summed E-state index contributed by atoms with van der Waals surface area (Å²) in [7, 11) is 0. The molecule has 2 heteroatoms.